The van der Waals surface area contributed by atoms with Crippen LogP contribution in [0.15, 0.2) is 30.6 Å². The van der Waals surface area contributed by atoms with Crippen LogP contribution in [0.25, 0.3) is 0 Å². The first-order chi connectivity index (χ1) is 9.56. The van der Waals surface area contributed by atoms with E-state index in [-0.39, 0.29) is 11.6 Å². The molecule has 20 heavy (non-hydrogen) atoms. The lowest BCUT2D eigenvalue weighted by atomic mass is 10.2. The van der Waals surface area contributed by atoms with Crippen molar-refractivity contribution in [2.24, 2.45) is 5.73 Å². The molecule has 1 aromatic carbocycles. The van der Waals surface area contributed by atoms with Crippen molar-refractivity contribution >= 4 is 23.4 Å². The summed E-state index contributed by atoms with van der Waals surface area (Å²) >= 11 is 0. The van der Waals surface area contributed by atoms with Crippen LogP contribution in [0.1, 0.15) is 11.1 Å². The van der Waals surface area contributed by atoms with E-state index >= 15 is 0 Å². The molecule has 2 aromatic rings. The van der Waals surface area contributed by atoms with Crippen molar-refractivity contribution in [3.63, 3.8) is 0 Å². The fraction of sp³-hybridized carbons (Fsp3) is 0. The van der Waals surface area contributed by atoms with Gasteiger partial charge in [-0.25, -0.2) is 14.8 Å². The van der Waals surface area contributed by atoms with Crippen molar-refractivity contribution in [3.05, 3.63) is 41.7 Å². The van der Waals surface area contributed by atoms with Crippen molar-refractivity contribution in [1.82, 2.24) is 9.97 Å². The van der Waals surface area contributed by atoms with E-state index in [9.17, 15) is 4.79 Å². The van der Waals surface area contributed by atoms with E-state index in [4.69, 9.17) is 17.2 Å². The third kappa shape index (κ3) is 3.14. The van der Waals surface area contributed by atoms with Gasteiger partial charge in [0.2, 0.25) is 0 Å². The average Bonchev–Trinajstić information content (AvgIpc) is 2.39. The predicted molar refractivity (Wildman–Crippen MR) is 76.5 cm³/mol. The van der Waals surface area contributed by atoms with Gasteiger partial charge in [-0.2, -0.15) is 0 Å². The normalized spacial score (nSPS) is 9.40. The minimum atomic E-state index is -0.620. The number of nitrogens with two attached hydrogens (primary N) is 3. The van der Waals surface area contributed by atoms with Gasteiger partial charge in [-0.3, -0.25) is 0 Å². The first-order valence-electron chi connectivity index (χ1n) is 5.61. The lowest BCUT2D eigenvalue weighted by molar-refractivity contribution is 0.259. The molecule has 7 nitrogen and oxygen atoms in total. The molecule has 7 N–H and O–H groups in total. The van der Waals surface area contributed by atoms with Gasteiger partial charge in [0, 0.05) is 11.3 Å². The Morgan fingerprint density at radius 1 is 1.05 bits per heavy atom. The summed E-state index contributed by atoms with van der Waals surface area (Å²) in [6.45, 7) is 0. The van der Waals surface area contributed by atoms with E-state index in [0.717, 1.165) is 5.56 Å². The Morgan fingerprint density at radius 2 is 1.65 bits per heavy atom. The number of nitrogen functional groups attached to an aromatic ring is 2. The zero-order chi connectivity index (χ0) is 14.5. The third-order valence-corrected chi connectivity index (χ3v) is 2.39. The predicted octanol–water partition coefficient (Wildman–Crippen LogP) is 0.531. The molecular weight excluding hydrogens is 256 g/mol. The number of hydrogen-bond donors (Lipinski definition) is 4. The SMILES string of the molecule is NC(=O)Nc1ccc(C#Cc2c(N)ncnc2N)cc1. The van der Waals surface area contributed by atoms with Crippen LogP contribution in [0.2, 0.25) is 0 Å². The monoisotopic (exact) mass is 268 g/mol. The maximum absolute atomic E-state index is 10.7. The molecule has 7 heteroatoms. The highest BCUT2D eigenvalue weighted by atomic mass is 16.2. The number of aromatic nitrogens is 2. The molecule has 0 aliphatic carbocycles. The number of benzene rings is 1. The van der Waals surface area contributed by atoms with Gasteiger partial charge >= 0.3 is 6.03 Å². The molecule has 0 unspecified atom stereocenters. The van der Waals surface area contributed by atoms with Crippen molar-refractivity contribution in [3.8, 4) is 11.8 Å². The second kappa shape index (κ2) is 5.58. The smallest absolute Gasteiger partial charge is 0.316 e. The van der Waals surface area contributed by atoms with Crippen molar-refractivity contribution in [2.45, 2.75) is 0 Å². The average molecular weight is 268 g/mol. The number of carbonyl (C=O) groups is 1. The van der Waals surface area contributed by atoms with E-state index < -0.39 is 6.03 Å². The molecule has 2 amide bonds. The molecular formula is C13H12N6O. The Bertz CT molecular complexity index is 679. The highest BCUT2D eigenvalue weighted by Crippen LogP contribution is 2.13. The standard InChI is InChI=1S/C13H12N6O/c14-11-10(12(15)18-7-17-11)6-3-8-1-4-9(5-2-8)19-13(16)20/h1-2,4-5,7H,(H3,16,19,20)(H4,14,15,17,18). The van der Waals surface area contributed by atoms with Crippen LogP contribution in [0.3, 0.4) is 0 Å². The molecule has 100 valence electrons. The molecule has 0 saturated carbocycles. The molecule has 0 aliphatic heterocycles. The third-order valence-electron chi connectivity index (χ3n) is 2.39. The van der Waals surface area contributed by atoms with Gasteiger partial charge in [0.15, 0.2) is 0 Å². The Kier molecular flexibility index (Phi) is 3.67. The van der Waals surface area contributed by atoms with E-state index in [1.54, 1.807) is 24.3 Å². The van der Waals surface area contributed by atoms with Crippen molar-refractivity contribution < 1.29 is 4.79 Å². The van der Waals surface area contributed by atoms with Crippen LogP contribution in [0, 0.1) is 11.8 Å². The maximum atomic E-state index is 10.7. The number of carbonyl (C=O) groups excluding carboxylic acids is 1. The zero-order valence-electron chi connectivity index (χ0n) is 10.4. The van der Waals surface area contributed by atoms with Gasteiger partial charge in [0.25, 0.3) is 0 Å². The molecule has 0 radical (unpaired) electrons. The largest absolute Gasteiger partial charge is 0.382 e. The van der Waals surface area contributed by atoms with E-state index in [1.807, 2.05) is 0 Å². The van der Waals surface area contributed by atoms with E-state index in [0.29, 0.717) is 11.3 Å². The topological polar surface area (TPSA) is 133 Å². The lowest BCUT2D eigenvalue weighted by Gasteiger charge is -2.01. The molecule has 0 bridgehead atoms. The van der Waals surface area contributed by atoms with Gasteiger partial charge in [-0.05, 0) is 24.3 Å². The maximum Gasteiger partial charge on any atom is 0.316 e. The van der Waals surface area contributed by atoms with E-state index in [1.165, 1.54) is 6.33 Å². The second-order valence-corrected chi connectivity index (χ2v) is 3.84. The number of nitrogens with one attached hydrogen (secondary N) is 1. The molecule has 0 saturated heterocycles. The summed E-state index contributed by atoms with van der Waals surface area (Å²) in [6, 6.07) is 6.21. The summed E-state index contributed by atoms with van der Waals surface area (Å²) < 4.78 is 0. The van der Waals surface area contributed by atoms with Crippen LogP contribution in [0.4, 0.5) is 22.1 Å². The van der Waals surface area contributed by atoms with Gasteiger partial charge in [0.1, 0.15) is 23.5 Å². The van der Waals surface area contributed by atoms with Gasteiger partial charge in [0.05, 0.1) is 0 Å². The number of hydrogen-bond acceptors (Lipinski definition) is 5. The summed E-state index contributed by atoms with van der Waals surface area (Å²) in [7, 11) is 0. The summed E-state index contributed by atoms with van der Waals surface area (Å²) in [4.78, 5) is 18.3. The second-order valence-electron chi connectivity index (χ2n) is 3.84. The number of urea groups is 1. The highest BCUT2D eigenvalue weighted by Gasteiger charge is 2.02. The highest BCUT2D eigenvalue weighted by molar-refractivity contribution is 5.87. The van der Waals surface area contributed by atoms with Gasteiger partial charge < -0.3 is 22.5 Å². The Hall–Kier alpha value is -3.27. The van der Waals surface area contributed by atoms with Crippen LogP contribution in [-0.4, -0.2) is 16.0 Å². The van der Waals surface area contributed by atoms with Crippen LogP contribution < -0.4 is 22.5 Å². The number of anilines is 3. The summed E-state index contributed by atoms with van der Waals surface area (Å²) in [5, 5.41) is 2.45. The number of rotatable bonds is 1. The van der Waals surface area contributed by atoms with Crippen LogP contribution in [-0.2, 0) is 0 Å². The number of amides is 2. The molecule has 0 atom stereocenters. The minimum Gasteiger partial charge on any atom is -0.382 e. The number of primary amides is 1. The lowest BCUT2D eigenvalue weighted by Crippen LogP contribution is -2.19. The quantitative estimate of drug-likeness (QED) is 0.560. The molecule has 0 fully saturated rings. The Morgan fingerprint density at radius 3 is 2.20 bits per heavy atom. The summed E-state index contributed by atoms with van der Waals surface area (Å²) in [5.74, 6) is 6.18. The fourth-order valence-corrected chi connectivity index (χ4v) is 1.46. The van der Waals surface area contributed by atoms with Gasteiger partial charge in [-0.1, -0.05) is 11.8 Å². The zero-order valence-corrected chi connectivity index (χ0v) is 10.4. The van der Waals surface area contributed by atoms with Crippen molar-refractivity contribution in [2.75, 3.05) is 16.8 Å². The molecule has 1 aromatic heterocycles. The minimum absolute atomic E-state index is 0.233. The molecule has 0 aliphatic rings. The molecule has 2 rings (SSSR count). The van der Waals surface area contributed by atoms with Crippen molar-refractivity contribution in [1.29, 1.82) is 0 Å². The molecule has 0 spiro atoms. The summed E-state index contributed by atoms with van der Waals surface area (Å²) in [5.41, 5.74) is 18.1. The van der Waals surface area contributed by atoms with E-state index in [2.05, 4.69) is 27.1 Å². The first kappa shape index (κ1) is 13.2. The Balaban J connectivity index is 2.23. The van der Waals surface area contributed by atoms with Crippen LogP contribution in [0.5, 0.6) is 0 Å². The summed E-state index contributed by atoms with van der Waals surface area (Å²) in [6.07, 6.45) is 1.28. The van der Waals surface area contributed by atoms with Gasteiger partial charge in [-0.15, -0.1) is 0 Å². The van der Waals surface area contributed by atoms with Crippen LogP contribution >= 0.6 is 0 Å². The first-order valence-corrected chi connectivity index (χ1v) is 5.61. The Labute approximate surface area is 115 Å². The number of nitrogens with zero attached hydrogens (tertiary/aromatic N) is 2. The fourth-order valence-electron chi connectivity index (χ4n) is 1.46. The molecule has 1 heterocycles.